The highest BCUT2D eigenvalue weighted by Crippen LogP contribution is 2.35. The van der Waals surface area contributed by atoms with E-state index in [4.69, 9.17) is 23.8 Å². The number of benzene rings is 2. The van der Waals surface area contributed by atoms with Crippen LogP contribution in [-0.4, -0.2) is 29.0 Å². The van der Waals surface area contributed by atoms with Crippen LogP contribution < -0.4 is 15.5 Å². The molecule has 0 aromatic heterocycles. The van der Waals surface area contributed by atoms with Crippen molar-refractivity contribution in [1.29, 1.82) is 0 Å². The Morgan fingerprint density at radius 2 is 1.86 bits per heavy atom. The number of thiocarbonyl (C=S) groups is 1. The number of hydrogen-bond acceptors (Lipinski definition) is 5. The van der Waals surface area contributed by atoms with Gasteiger partial charge in [-0.3, -0.25) is 20.2 Å². The SMILES string of the molecule is O=C(NC(=S)Nc1cccc(Cl)c1N1CCCCC1)c1cccc([N+](=O)[O-])c1. The first kappa shape index (κ1) is 20.0. The van der Waals surface area contributed by atoms with Gasteiger partial charge in [0.2, 0.25) is 0 Å². The Hall–Kier alpha value is -2.71. The van der Waals surface area contributed by atoms with Crippen molar-refractivity contribution in [1.82, 2.24) is 5.32 Å². The zero-order chi connectivity index (χ0) is 20.1. The van der Waals surface area contributed by atoms with Crippen LogP contribution in [0.25, 0.3) is 0 Å². The number of piperidine rings is 1. The Labute approximate surface area is 172 Å². The molecule has 2 aromatic rings. The smallest absolute Gasteiger partial charge is 0.270 e. The standard InChI is InChI=1S/C19H19ClN4O3S/c20-15-8-5-9-16(17(15)23-10-2-1-3-11-23)21-19(28)22-18(25)13-6-4-7-14(12-13)24(26)27/h4-9,12H,1-3,10-11H2,(H2,21,22,25,28). The number of nitrogens with one attached hydrogen (secondary N) is 2. The maximum Gasteiger partial charge on any atom is 0.270 e. The van der Waals surface area contributed by atoms with Crippen molar-refractivity contribution in [2.45, 2.75) is 19.3 Å². The number of para-hydroxylation sites is 1. The predicted molar refractivity (Wildman–Crippen MR) is 114 cm³/mol. The molecule has 9 heteroatoms. The molecule has 0 aliphatic carbocycles. The lowest BCUT2D eigenvalue weighted by Crippen LogP contribution is -2.35. The number of amides is 1. The van der Waals surface area contributed by atoms with Gasteiger partial charge in [0.15, 0.2) is 5.11 Å². The van der Waals surface area contributed by atoms with Crippen LogP contribution in [0.15, 0.2) is 42.5 Å². The summed E-state index contributed by atoms with van der Waals surface area (Å²) < 4.78 is 0. The number of nitrogens with zero attached hydrogens (tertiary/aromatic N) is 2. The maximum atomic E-state index is 12.4. The topological polar surface area (TPSA) is 87.5 Å². The third kappa shape index (κ3) is 4.76. The minimum absolute atomic E-state index is 0.0945. The number of halogens is 1. The molecule has 0 saturated carbocycles. The molecule has 2 aromatic carbocycles. The first-order chi connectivity index (χ1) is 13.5. The molecule has 146 valence electrons. The summed E-state index contributed by atoms with van der Waals surface area (Å²) in [5.74, 6) is -0.525. The van der Waals surface area contributed by atoms with E-state index in [1.165, 1.54) is 30.7 Å². The molecule has 7 nitrogen and oxygen atoms in total. The minimum atomic E-state index is -0.551. The normalized spacial score (nSPS) is 13.7. The van der Waals surface area contributed by atoms with Crippen LogP contribution in [0.5, 0.6) is 0 Å². The van der Waals surface area contributed by atoms with Crippen molar-refractivity contribution in [3.63, 3.8) is 0 Å². The molecule has 0 radical (unpaired) electrons. The van der Waals surface area contributed by atoms with Crippen molar-refractivity contribution in [2.24, 2.45) is 0 Å². The molecule has 1 aliphatic heterocycles. The lowest BCUT2D eigenvalue weighted by atomic mass is 10.1. The van der Waals surface area contributed by atoms with Gasteiger partial charge in [-0.1, -0.05) is 23.7 Å². The van der Waals surface area contributed by atoms with E-state index in [1.54, 1.807) is 0 Å². The van der Waals surface area contributed by atoms with Crippen molar-refractivity contribution >= 4 is 51.9 Å². The van der Waals surface area contributed by atoms with Gasteiger partial charge in [0.05, 0.1) is 21.3 Å². The molecule has 2 N–H and O–H groups in total. The lowest BCUT2D eigenvalue weighted by molar-refractivity contribution is -0.384. The van der Waals surface area contributed by atoms with Crippen LogP contribution in [0, 0.1) is 10.1 Å². The Bertz CT molecular complexity index is 916. The molecular weight excluding hydrogens is 400 g/mol. The molecule has 1 fully saturated rings. The van der Waals surface area contributed by atoms with Gasteiger partial charge in [-0.25, -0.2) is 0 Å². The number of hydrogen-bond donors (Lipinski definition) is 2. The van der Waals surface area contributed by atoms with Crippen molar-refractivity contribution < 1.29 is 9.72 Å². The molecule has 0 bridgehead atoms. The van der Waals surface area contributed by atoms with E-state index in [0.29, 0.717) is 10.7 Å². The number of nitro benzene ring substituents is 1. The molecule has 3 rings (SSSR count). The number of non-ortho nitro benzene ring substituents is 1. The third-order valence-electron chi connectivity index (χ3n) is 4.45. The van der Waals surface area contributed by atoms with Crippen LogP contribution in [0.3, 0.4) is 0 Å². The zero-order valence-electron chi connectivity index (χ0n) is 15.0. The highest BCUT2D eigenvalue weighted by molar-refractivity contribution is 7.80. The van der Waals surface area contributed by atoms with Crippen LogP contribution in [-0.2, 0) is 0 Å². The average molecular weight is 419 g/mol. The Morgan fingerprint density at radius 1 is 1.14 bits per heavy atom. The van der Waals surface area contributed by atoms with Gasteiger partial charge in [-0.2, -0.15) is 0 Å². The number of nitro groups is 1. The van der Waals surface area contributed by atoms with Crippen LogP contribution >= 0.6 is 23.8 Å². The fourth-order valence-corrected chi connectivity index (χ4v) is 3.64. The first-order valence-electron chi connectivity index (χ1n) is 8.86. The molecule has 1 aliphatic rings. The van der Waals surface area contributed by atoms with Gasteiger partial charge in [-0.15, -0.1) is 0 Å². The Kier molecular flexibility index (Phi) is 6.43. The quantitative estimate of drug-likeness (QED) is 0.435. The summed E-state index contributed by atoms with van der Waals surface area (Å²) >= 11 is 11.7. The highest BCUT2D eigenvalue weighted by Gasteiger charge is 2.19. The molecule has 1 amide bonds. The number of anilines is 2. The van der Waals surface area contributed by atoms with Crippen molar-refractivity contribution in [3.8, 4) is 0 Å². The van der Waals surface area contributed by atoms with Crippen molar-refractivity contribution in [2.75, 3.05) is 23.3 Å². The number of carbonyl (C=O) groups is 1. The number of rotatable bonds is 4. The van der Waals surface area contributed by atoms with Gasteiger partial charge < -0.3 is 10.2 Å². The first-order valence-corrected chi connectivity index (χ1v) is 9.64. The Balaban J connectivity index is 1.73. The van der Waals surface area contributed by atoms with E-state index in [9.17, 15) is 14.9 Å². The third-order valence-corrected chi connectivity index (χ3v) is 4.96. The summed E-state index contributed by atoms with van der Waals surface area (Å²) in [7, 11) is 0. The second-order valence-electron chi connectivity index (χ2n) is 6.40. The molecular formula is C19H19ClN4O3S. The molecule has 0 unspecified atom stereocenters. The molecule has 1 heterocycles. The fraction of sp³-hybridized carbons (Fsp3) is 0.263. The van der Waals surface area contributed by atoms with Crippen LogP contribution in [0.1, 0.15) is 29.6 Å². The molecule has 0 atom stereocenters. The summed E-state index contributed by atoms with van der Waals surface area (Å²) in [6.07, 6.45) is 3.39. The van der Waals surface area contributed by atoms with E-state index in [1.807, 2.05) is 18.2 Å². The van der Waals surface area contributed by atoms with Gasteiger partial charge in [0.25, 0.3) is 11.6 Å². The monoisotopic (exact) mass is 418 g/mol. The summed E-state index contributed by atoms with van der Waals surface area (Å²) in [6, 6.07) is 10.9. The van der Waals surface area contributed by atoms with Gasteiger partial charge in [0.1, 0.15) is 0 Å². The second kappa shape index (κ2) is 8.99. The van der Waals surface area contributed by atoms with E-state index < -0.39 is 10.8 Å². The van der Waals surface area contributed by atoms with Crippen LogP contribution in [0.2, 0.25) is 5.02 Å². The molecule has 1 saturated heterocycles. The summed E-state index contributed by atoms with van der Waals surface area (Å²) in [5, 5.41) is 17.2. The Morgan fingerprint density at radius 3 is 2.57 bits per heavy atom. The molecule has 28 heavy (non-hydrogen) atoms. The number of carbonyl (C=O) groups excluding carboxylic acids is 1. The largest absolute Gasteiger partial charge is 0.369 e. The lowest BCUT2D eigenvalue weighted by Gasteiger charge is -2.31. The second-order valence-corrected chi connectivity index (χ2v) is 7.21. The molecule has 0 spiro atoms. The van der Waals surface area contributed by atoms with E-state index in [-0.39, 0.29) is 16.4 Å². The fourth-order valence-electron chi connectivity index (χ4n) is 3.14. The van der Waals surface area contributed by atoms with E-state index in [2.05, 4.69) is 15.5 Å². The van der Waals surface area contributed by atoms with Gasteiger partial charge in [0, 0.05) is 30.8 Å². The summed E-state index contributed by atoms with van der Waals surface area (Å²) in [4.78, 5) is 24.9. The average Bonchev–Trinajstić information content (AvgIpc) is 2.68. The highest BCUT2D eigenvalue weighted by atomic mass is 35.5. The van der Waals surface area contributed by atoms with E-state index in [0.717, 1.165) is 31.6 Å². The van der Waals surface area contributed by atoms with Crippen LogP contribution in [0.4, 0.5) is 17.1 Å². The van der Waals surface area contributed by atoms with Gasteiger partial charge in [-0.05, 0) is 49.7 Å². The summed E-state index contributed by atoms with van der Waals surface area (Å²) in [6.45, 7) is 1.82. The minimum Gasteiger partial charge on any atom is -0.369 e. The maximum absolute atomic E-state index is 12.4. The zero-order valence-corrected chi connectivity index (χ0v) is 16.6. The van der Waals surface area contributed by atoms with Crippen molar-refractivity contribution in [3.05, 3.63) is 63.2 Å². The van der Waals surface area contributed by atoms with Gasteiger partial charge >= 0.3 is 0 Å². The summed E-state index contributed by atoms with van der Waals surface area (Å²) in [5.41, 5.74) is 1.56. The van der Waals surface area contributed by atoms with E-state index >= 15 is 0 Å². The predicted octanol–water partition coefficient (Wildman–Crippen LogP) is 4.37.